The van der Waals surface area contributed by atoms with Crippen molar-refractivity contribution >= 4 is 11.9 Å². The Morgan fingerprint density at radius 2 is 1.80 bits per heavy atom. The number of carbonyl (C=O) groups is 2. The fourth-order valence-corrected chi connectivity index (χ4v) is 2.22. The van der Waals surface area contributed by atoms with Crippen molar-refractivity contribution in [2.75, 3.05) is 13.1 Å². The number of carboxylic acid groups (broad SMARTS) is 1. The fraction of sp³-hybridized carbons (Fsp3) is 0.500. The molecule has 0 spiro atoms. The van der Waals surface area contributed by atoms with Crippen molar-refractivity contribution < 1.29 is 14.7 Å². The molecule has 0 saturated carbocycles. The molecule has 1 unspecified atom stereocenters. The van der Waals surface area contributed by atoms with Crippen LogP contribution in [0, 0.1) is 11.8 Å². The molecule has 1 rings (SSSR count). The van der Waals surface area contributed by atoms with Gasteiger partial charge in [0.15, 0.2) is 0 Å². The first kappa shape index (κ1) is 16.2. The first-order chi connectivity index (χ1) is 9.45. The van der Waals surface area contributed by atoms with Crippen molar-refractivity contribution in [3.05, 3.63) is 35.9 Å². The van der Waals surface area contributed by atoms with E-state index in [4.69, 9.17) is 5.11 Å². The van der Waals surface area contributed by atoms with Gasteiger partial charge in [0.25, 0.3) is 0 Å². The Bertz CT molecular complexity index is 442. The predicted molar refractivity (Wildman–Crippen MR) is 78.4 cm³/mol. The zero-order valence-corrected chi connectivity index (χ0v) is 12.4. The van der Waals surface area contributed by atoms with Crippen LogP contribution in [0.3, 0.4) is 0 Å². The summed E-state index contributed by atoms with van der Waals surface area (Å²) in [6, 6.07) is 9.84. The minimum absolute atomic E-state index is 0.0752. The molecule has 0 aliphatic carbocycles. The van der Waals surface area contributed by atoms with Crippen LogP contribution in [0.4, 0.5) is 0 Å². The van der Waals surface area contributed by atoms with Gasteiger partial charge in [0.05, 0.1) is 0 Å². The SMILES string of the molecule is CCN(CC(=O)O)C(=O)C(Cc1ccccc1)C(C)C. The van der Waals surface area contributed by atoms with Gasteiger partial charge in [-0.3, -0.25) is 9.59 Å². The van der Waals surface area contributed by atoms with E-state index in [9.17, 15) is 9.59 Å². The Morgan fingerprint density at radius 3 is 2.25 bits per heavy atom. The smallest absolute Gasteiger partial charge is 0.323 e. The molecule has 0 aliphatic rings. The molecule has 0 bridgehead atoms. The van der Waals surface area contributed by atoms with Crippen molar-refractivity contribution in [3.8, 4) is 0 Å². The summed E-state index contributed by atoms with van der Waals surface area (Å²) >= 11 is 0. The molecule has 1 aromatic carbocycles. The highest BCUT2D eigenvalue weighted by Crippen LogP contribution is 2.20. The highest BCUT2D eigenvalue weighted by atomic mass is 16.4. The molecule has 1 aromatic rings. The molecule has 0 radical (unpaired) electrons. The van der Waals surface area contributed by atoms with E-state index < -0.39 is 5.97 Å². The minimum Gasteiger partial charge on any atom is -0.480 e. The highest BCUT2D eigenvalue weighted by molar-refractivity contribution is 5.83. The number of hydrogen-bond acceptors (Lipinski definition) is 2. The number of amides is 1. The molecule has 1 atom stereocenters. The lowest BCUT2D eigenvalue weighted by molar-refractivity contribution is -0.146. The predicted octanol–water partition coefficient (Wildman–Crippen LogP) is 2.43. The lowest BCUT2D eigenvalue weighted by Crippen LogP contribution is -2.41. The summed E-state index contributed by atoms with van der Waals surface area (Å²) in [6.07, 6.45) is 0.646. The van der Waals surface area contributed by atoms with Gasteiger partial charge in [-0.25, -0.2) is 0 Å². The van der Waals surface area contributed by atoms with Crippen molar-refractivity contribution in [1.29, 1.82) is 0 Å². The quantitative estimate of drug-likeness (QED) is 0.832. The van der Waals surface area contributed by atoms with E-state index in [1.54, 1.807) is 6.92 Å². The lowest BCUT2D eigenvalue weighted by atomic mass is 9.88. The second-order valence-corrected chi connectivity index (χ2v) is 5.29. The zero-order chi connectivity index (χ0) is 15.1. The molecule has 0 saturated heterocycles. The Balaban J connectivity index is 2.84. The monoisotopic (exact) mass is 277 g/mol. The topological polar surface area (TPSA) is 57.6 Å². The third-order valence-corrected chi connectivity index (χ3v) is 3.44. The van der Waals surface area contributed by atoms with Gasteiger partial charge in [-0.1, -0.05) is 44.2 Å². The standard InChI is InChI=1S/C16H23NO3/c1-4-17(11-15(18)19)16(20)14(12(2)3)10-13-8-6-5-7-9-13/h5-9,12,14H,4,10-11H2,1-3H3,(H,18,19). The maximum Gasteiger partial charge on any atom is 0.323 e. The van der Waals surface area contributed by atoms with Crippen molar-refractivity contribution in [2.45, 2.75) is 27.2 Å². The zero-order valence-electron chi connectivity index (χ0n) is 12.4. The molecule has 1 N–H and O–H groups in total. The van der Waals surface area contributed by atoms with Crippen molar-refractivity contribution in [1.82, 2.24) is 4.90 Å². The summed E-state index contributed by atoms with van der Waals surface area (Å²) in [5, 5.41) is 8.88. The molecule has 0 heterocycles. The van der Waals surface area contributed by atoms with Gasteiger partial charge in [-0.05, 0) is 24.8 Å². The molecular formula is C16H23NO3. The summed E-state index contributed by atoms with van der Waals surface area (Å²) in [6.45, 7) is 6.00. The van der Waals surface area contributed by atoms with Crippen LogP contribution in [-0.2, 0) is 16.0 Å². The molecule has 0 aromatic heterocycles. The van der Waals surface area contributed by atoms with E-state index in [2.05, 4.69) is 0 Å². The van der Waals surface area contributed by atoms with Crippen LogP contribution in [0.5, 0.6) is 0 Å². The van der Waals surface area contributed by atoms with Gasteiger partial charge in [-0.15, -0.1) is 0 Å². The summed E-state index contributed by atoms with van der Waals surface area (Å²) in [4.78, 5) is 24.8. The number of aliphatic carboxylic acids is 1. The van der Waals surface area contributed by atoms with Gasteiger partial charge < -0.3 is 10.0 Å². The molecule has 0 fully saturated rings. The summed E-state index contributed by atoms with van der Waals surface area (Å²) in [5.41, 5.74) is 1.10. The van der Waals surface area contributed by atoms with E-state index in [0.717, 1.165) is 5.56 Å². The molecule has 0 aliphatic heterocycles. The van der Waals surface area contributed by atoms with Crippen molar-refractivity contribution in [3.63, 3.8) is 0 Å². The minimum atomic E-state index is -0.970. The Morgan fingerprint density at radius 1 is 1.20 bits per heavy atom. The molecular weight excluding hydrogens is 254 g/mol. The van der Waals surface area contributed by atoms with Crippen LogP contribution in [-0.4, -0.2) is 35.0 Å². The molecule has 20 heavy (non-hydrogen) atoms. The van der Waals surface area contributed by atoms with Gasteiger partial charge in [0, 0.05) is 12.5 Å². The normalized spacial score (nSPS) is 12.2. The van der Waals surface area contributed by atoms with Gasteiger partial charge in [-0.2, -0.15) is 0 Å². The highest BCUT2D eigenvalue weighted by Gasteiger charge is 2.27. The summed E-state index contributed by atoms with van der Waals surface area (Å²) < 4.78 is 0. The maximum absolute atomic E-state index is 12.5. The van der Waals surface area contributed by atoms with E-state index in [-0.39, 0.29) is 24.3 Å². The Hall–Kier alpha value is -1.84. The Kier molecular flexibility index (Phi) is 6.22. The second kappa shape index (κ2) is 7.68. The number of likely N-dealkylation sites (N-methyl/N-ethyl adjacent to an activating group) is 1. The third kappa shape index (κ3) is 4.68. The van der Waals surface area contributed by atoms with Crippen LogP contribution in [0.25, 0.3) is 0 Å². The first-order valence-electron chi connectivity index (χ1n) is 7.00. The number of carbonyl (C=O) groups excluding carboxylic acids is 1. The molecule has 4 nitrogen and oxygen atoms in total. The molecule has 110 valence electrons. The van der Waals surface area contributed by atoms with Crippen LogP contribution < -0.4 is 0 Å². The van der Waals surface area contributed by atoms with Gasteiger partial charge in [0.1, 0.15) is 6.54 Å². The molecule has 1 amide bonds. The number of hydrogen-bond donors (Lipinski definition) is 1. The number of nitrogens with zero attached hydrogens (tertiary/aromatic N) is 1. The number of rotatable bonds is 7. The Labute approximate surface area is 120 Å². The van der Waals surface area contributed by atoms with E-state index in [0.29, 0.717) is 13.0 Å². The fourth-order valence-electron chi connectivity index (χ4n) is 2.22. The van der Waals surface area contributed by atoms with Gasteiger partial charge in [0.2, 0.25) is 5.91 Å². The van der Waals surface area contributed by atoms with Crippen LogP contribution in [0.15, 0.2) is 30.3 Å². The lowest BCUT2D eigenvalue weighted by Gasteiger charge is -2.27. The van der Waals surface area contributed by atoms with Gasteiger partial charge >= 0.3 is 5.97 Å². The second-order valence-electron chi connectivity index (χ2n) is 5.29. The summed E-state index contributed by atoms with van der Waals surface area (Å²) in [5.74, 6) is -1.06. The van der Waals surface area contributed by atoms with Crippen LogP contribution in [0.1, 0.15) is 26.3 Å². The number of benzene rings is 1. The largest absolute Gasteiger partial charge is 0.480 e. The van der Waals surface area contributed by atoms with Crippen LogP contribution >= 0.6 is 0 Å². The third-order valence-electron chi connectivity index (χ3n) is 3.44. The van der Waals surface area contributed by atoms with E-state index in [1.807, 2.05) is 44.2 Å². The van der Waals surface area contributed by atoms with E-state index >= 15 is 0 Å². The molecule has 4 heteroatoms. The van der Waals surface area contributed by atoms with Crippen LogP contribution in [0.2, 0.25) is 0 Å². The number of carboxylic acids is 1. The average Bonchev–Trinajstić information content (AvgIpc) is 2.42. The first-order valence-corrected chi connectivity index (χ1v) is 7.00. The van der Waals surface area contributed by atoms with E-state index in [1.165, 1.54) is 4.90 Å². The van der Waals surface area contributed by atoms with Crippen molar-refractivity contribution in [2.24, 2.45) is 11.8 Å². The average molecular weight is 277 g/mol. The maximum atomic E-state index is 12.5. The summed E-state index contributed by atoms with van der Waals surface area (Å²) in [7, 11) is 0.